The van der Waals surface area contributed by atoms with E-state index in [9.17, 15) is 8.42 Å². The zero-order chi connectivity index (χ0) is 12.9. The van der Waals surface area contributed by atoms with E-state index in [2.05, 4.69) is 11.3 Å². The number of nitriles is 1. The Labute approximate surface area is 102 Å². The van der Waals surface area contributed by atoms with Crippen molar-refractivity contribution in [3.05, 3.63) is 42.5 Å². The van der Waals surface area contributed by atoms with E-state index in [1.54, 1.807) is 25.1 Å². The molecule has 0 amide bonds. The van der Waals surface area contributed by atoms with E-state index in [1.165, 1.54) is 12.1 Å². The number of hydrogen-bond acceptors (Lipinski definition) is 3. The molecule has 0 aliphatic heterocycles. The SMILES string of the molecule is C=CCC(C)NS(=O)(=O)c1ccccc1C#N. The predicted octanol–water partition coefficient (Wildman–Crippen LogP) is 1.80. The number of nitrogens with one attached hydrogen (secondary N) is 1. The highest BCUT2D eigenvalue weighted by Gasteiger charge is 2.19. The van der Waals surface area contributed by atoms with Gasteiger partial charge in [-0.1, -0.05) is 18.2 Å². The Morgan fingerprint density at radius 2 is 2.18 bits per heavy atom. The van der Waals surface area contributed by atoms with Crippen LogP contribution in [0.5, 0.6) is 0 Å². The first kappa shape index (κ1) is 13.4. The zero-order valence-corrected chi connectivity index (χ0v) is 10.4. The van der Waals surface area contributed by atoms with E-state index in [4.69, 9.17) is 5.26 Å². The summed E-state index contributed by atoms with van der Waals surface area (Å²) in [5, 5.41) is 8.86. The van der Waals surface area contributed by atoms with Crippen molar-refractivity contribution in [2.75, 3.05) is 0 Å². The van der Waals surface area contributed by atoms with Crippen LogP contribution >= 0.6 is 0 Å². The summed E-state index contributed by atoms with van der Waals surface area (Å²) < 4.78 is 26.5. The number of hydrogen-bond donors (Lipinski definition) is 1. The third-order valence-corrected chi connectivity index (χ3v) is 3.82. The Morgan fingerprint density at radius 3 is 2.76 bits per heavy atom. The molecule has 1 unspecified atom stereocenters. The van der Waals surface area contributed by atoms with Crippen molar-refractivity contribution in [2.24, 2.45) is 0 Å². The van der Waals surface area contributed by atoms with Gasteiger partial charge >= 0.3 is 0 Å². The molecule has 0 bridgehead atoms. The summed E-state index contributed by atoms with van der Waals surface area (Å²) in [6.45, 7) is 5.29. The number of benzene rings is 1. The minimum atomic E-state index is -3.64. The van der Waals surface area contributed by atoms with Gasteiger partial charge in [-0.25, -0.2) is 13.1 Å². The van der Waals surface area contributed by atoms with E-state index < -0.39 is 10.0 Å². The highest BCUT2D eigenvalue weighted by molar-refractivity contribution is 7.89. The second-order valence-corrected chi connectivity index (χ2v) is 5.34. The maximum Gasteiger partial charge on any atom is 0.242 e. The molecule has 5 heteroatoms. The van der Waals surface area contributed by atoms with Gasteiger partial charge in [0.2, 0.25) is 10.0 Å². The molecule has 0 spiro atoms. The molecule has 0 fully saturated rings. The first-order valence-corrected chi connectivity index (χ1v) is 6.62. The fraction of sp³-hybridized carbons (Fsp3) is 0.250. The van der Waals surface area contributed by atoms with Gasteiger partial charge < -0.3 is 0 Å². The molecule has 90 valence electrons. The van der Waals surface area contributed by atoms with Crippen molar-refractivity contribution in [2.45, 2.75) is 24.3 Å². The van der Waals surface area contributed by atoms with Crippen LogP contribution in [0, 0.1) is 11.3 Å². The minimum absolute atomic E-state index is 0.0124. The van der Waals surface area contributed by atoms with Crippen LogP contribution in [0.25, 0.3) is 0 Å². The van der Waals surface area contributed by atoms with Gasteiger partial charge in [-0.15, -0.1) is 6.58 Å². The van der Waals surface area contributed by atoms with Gasteiger partial charge in [0.1, 0.15) is 6.07 Å². The lowest BCUT2D eigenvalue weighted by Gasteiger charge is -2.12. The van der Waals surface area contributed by atoms with Crippen LogP contribution < -0.4 is 4.72 Å². The summed E-state index contributed by atoms with van der Waals surface area (Å²) in [7, 11) is -3.64. The van der Waals surface area contributed by atoms with Gasteiger partial charge in [0, 0.05) is 6.04 Å². The summed E-state index contributed by atoms with van der Waals surface area (Å²) >= 11 is 0. The van der Waals surface area contributed by atoms with Crippen molar-refractivity contribution < 1.29 is 8.42 Å². The molecule has 1 aromatic rings. The largest absolute Gasteiger partial charge is 0.242 e. The fourth-order valence-corrected chi connectivity index (χ4v) is 2.83. The van der Waals surface area contributed by atoms with Crippen molar-refractivity contribution in [3.8, 4) is 6.07 Å². The Balaban J connectivity index is 3.06. The number of sulfonamides is 1. The standard InChI is InChI=1S/C12H14N2O2S/c1-3-6-10(2)14-17(15,16)12-8-5-4-7-11(12)9-13/h3-5,7-8,10,14H,1,6H2,2H3. The van der Waals surface area contributed by atoms with Crippen LogP contribution in [-0.4, -0.2) is 14.5 Å². The molecule has 17 heavy (non-hydrogen) atoms. The molecule has 1 atom stereocenters. The van der Waals surface area contributed by atoms with E-state index in [-0.39, 0.29) is 16.5 Å². The first-order chi connectivity index (χ1) is 8.01. The smallest absolute Gasteiger partial charge is 0.208 e. The lowest BCUT2D eigenvalue weighted by molar-refractivity contribution is 0.562. The molecule has 1 aromatic carbocycles. The molecular weight excluding hydrogens is 236 g/mol. The molecular formula is C12H14N2O2S. The van der Waals surface area contributed by atoms with Crippen LogP contribution in [-0.2, 0) is 10.0 Å². The molecule has 1 rings (SSSR count). The van der Waals surface area contributed by atoms with Gasteiger partial charge in [-0.2, -0.15) is 5.26 Å². The quantitative estimate of drug-likeness (QED) is 0.810. The Kier molecular flexibility index (Phi) is 4.44. The lowest BCUT2D eigenvalue weighted by atomic mass is 10.2. The topological polar surface area (TPSA) is 70.0 Å². The summed E-state index contributed by atoms with van der Waals surface area (Å²) in [5.41, 5.74) is 0.144. The van der Waals surface area contributed by atoms with Crippen LogP contribution in [0.1, 0.15) is 18.9 Å². The lowest BCUT2D eigenvalue weighted by Crippen LogP contribution is -2.32. The average Bonchev–Trinajstić information content (AvgIpc) is 2.28. The van der Waals surface area contributed by atoms with Crippen LogP contribution in [0.15, 0.2) is 41.8 Å². The number of rotatable bonds is 5. The molecule has 4 nitrogen and oxygen atoms in total. The van der Waals surface area contributed by atoms with Crippen molar-refractivity contribution in [1.82, 2.24) is 4.72 Å². The maximum atomic E-state index is 12.0. The molecule has 0 saturated heterocycles. The van der Waals surface area contributed by atoms with Crippen molar-refractivity contribution >= 4 is 10.0 Å². The molecule has 0 saturated carbocycles. The molecule has 0 aromatic heterocycles. The third kappa shape index (κ3) is 3.41. The fourth-order valence-electron chi connectivity index (χ4n) is 1.42. The van der Waals surface area contributed by atoms with Crippen LogP contribution in [0.4, 0.5) is 0 Å². The zero-order valence-electron chi connectivity index (χ0n) is 9.55. The van der Waals surface area contributed by atoms with Gasteiger partial charge in [-0.05, 0) is 25.5 Å². The number of nitrogens with zero attached hydrogens (tertiary/aromatic N) is 1. The Hall–Kier alpha value is -1.64. The molecule has 0 aliphatic rings. The summed E-state index contributed by atoms with van der Waals surface area (Å²) in [5.74, 6) is 0. The third-order valence-electron chi connectivity index (χ3n) is 2.17. The van der Waals surface area contributed by atoms with Gasteiger partial charge in [-0.3, -0.25) is 0 Å². The predicted molar refractivity (Wildman–Crippen MR) is 65.8 cm³/mol. The second-order valence-electron chi connectivity index (χ2n) is 3.65. The summed E-state index contributed by atoms with van der Waals surface area (Å²) in [6, 6.07) is 7.74. The normalized spacial score (nSPS) is 12.7. The van der Waals surface area contributed by atoms with Crippen molar-refractivity contribution in [3.63, 3.8) is 0 Å². The molecule has 0 radical (unpaired) electrons. The highest BCUT2D eigenvalue weighted by Crippen LogP contribution is 2.14. The maximum absolute atomic E-state index is 12.0. The molecule has 0 aliphatic carbocycles. The Bertz CT molecular complexity index is 544. The van der Waals surface area contributed by atoms with E-state index >= 15 is 0 Å². The van der Waals surface area contributed by atoms with Crippen LogP contribution in [0.2, 0.25) is 0 Å². The summed E-state index contributed by atoms with van der Waals surface area (Å²) in [6.07, 6.45) is 2.18. The first-order valence-electron chi connectivity index (χ1n) is 5.13. The average molecular weight is 250 g/mol. The van der Waals surface area contributed by atoms with Crippen LogP contribution in [0.3, 0.4) is 0 Å². The van der Waals surface area contributed by atoms with Crippen molar-refractivity contribution in [1.29, 1.82) is 5.26 Å². The molecule has 0 heterocycles. The summed E-state index contributed by atoms with van der Waals surface area (Å²) in [4.78, 5) is 0.0124. The van der Waals surface area contributed by atoms with Gasteiger partial charge in [0.25, 0.3) is 0 Å². The highest BCUT2D eigenvalue weighted by atomic mass is 32.2. The van der Waals surface area contributed by atoms with Gasteiger partial charge in [0.15, 0.2) is 0 Å². The monoisotopic (exact) mass is 250 g/mol. The molecule has 1 N–H and O–H groups in total. The van der Waals surface area contributed by atoms with E-state index in [0.29, 0.717) is 6.42 Å². The Morgan fingerprint density at radius 1 is 1.53 bits per heavy atom. The van der Waals surface area contributed by atoms with E-state index in [1.807, 2.05) is 6.07 Å². The van der Waals surface area contributed by atoms with E-state index in [0.717, 1.165) is 0 Å². The minimum Gasteiger partial charge on any atom is -0.208 e. The van der Waals surface area contributed by atoms with Gasteiger partial charge in [0.05, 0.1) is 10.5 Å². The second kappa shape index (κ2) is 5.62.